The van der Waals surface area contributed by atoms with Gasteiger partial charge in [0.15, 0.2) is 0 Å². The molecule has 88 valence electrons. The molecular weight excluding hydrogens is 278 g/mol. The highest BCUT2D eigenvalue weighted by atomic mass is 79.9. The van der Waals surface area contributed by atoms with Gasteiger partial charge in [-0.15, -0.1) is 0 Å². The van der Waals surface area contributed by atoms with Crippen LogP contribution >= 0.6 is 15.9 Å². The Morgan fingerprint density at radius 1 is 1.29 bits per heavy atom. The Morgan fingerprint density at radius 3 is 2.94 bits per heavy atom. The second-order valence-electron chi connectivity index (χ2n) is 3.69. The van der Waals surface area contributed by atoms with Gasteiger partial charge in [-0.3, -0.25) is 0 Å². The Kier molecular flexibility index (Phi) is 4.15. The third-order valence-electron chi connectivity index (χ3n) is 2.48. The summed E-state index contributed by atoms with van der Waals surface area (Å²) in [5, 5.41) is 2.13. The summed E-state index contributed by atoms with van der Waals surface area (Å²) in [6, 6.07) is 10.1. The number of ether oxygens (including phenoxy) is 1. The topological polar surface area (TPSA) is 22.1 Å². The summed E-state index contributed by atoms with van der Waals surface area (Å²) in [5.41, 5.74) is 2.16. The fourth-order valence-corrected chi connectivity index (χ4v) is 1.89. The summed E-state index contributed by atoms with van der Waals surface area (Å²) < 4.78 is 5.10. The van der Waals surface area contributed by atoms with E-state index in [0.29, 0.717) is 5.88 Å². The third kappa shape index (κ3) is 3.07. The van der Waals surface area contributed by atoms with Crippen LogP contribution in [-0.2, 0) is 0 Å². The maximum atomic E-state index is 5.10. The Balaban J connectivity index is 2.31. The first-order valence-electron chi connectivity index (χ1n) is 5.51. The van der Waals surface area contributed by atoms with Crippen molar-refractivity contribution in [1.29, 1.82) is 0 Å². The van der Waals surface area contributed by atoms with Gasteiger partial charge in [-0.25, -0.2) is 4.98 Å². The van der Waals surface area contributed by atoms with Crippen LogP contribution < -0.4 is 4.74 Å². The normalized spacial score (nSPS) is 11.2. The van der Waals surface area contributed by atoms with Crippen molar-refractivity contribution < 1.29 is 4.74 Å². The molecule has 0 saturated heterocycles. The van der Waals surface area contributed by atoms with Crippen LogP contribution in [0.4, 0.5) is 0 Å². The summed E-state index contributed by atoms with van der Waals surface area (Å²) in [6.07, 6.45) is 5.33. The number of fused-ring (bicyclic) bond motifs is 1. The highest BCUT2D eigenvalue weighted by molar-refractivity contribution is 9.09. The van der Waals surface area contributed by atoms with Crippen LogP contribution in [0.3, 0.4) is 0 Å². The summed E-state index contributed by atoms with van der Waals surface area (Å²) >= 11 is 3.40. The molecular formula is C14H14BrNO. The van der Waals surface area contributed by atoms with E-state index in [-0.39, 0.29) is 0 Å². The first-order valence-corrected chi connectivity index (χ1v) is 6.63. The number of hydrogen-bond acceptors (Lipinski definition) is 2. The number of hydrogen-bond donors (Lipinski definition) is 0. The van der Waals surface area contributed by atoms with Crippen molar-refractivity contribution in [2.45, 2.75) is 6.42 Å². The lowest BCUT2D eigenvalue weighted by atomic mass is 10.1. The van der Waals surface area contributed by atoms with Gasteiger partial charge in [-0.2, -0.15) is 0 Å². The molecule has 0 spiro atoms. The minimum Gasteiger partial charge on any atom is -0.481 e. The van der Waals surface area contributed by atoms with Crippen LogP contribution in [0.2, 0.25) is 0 Å². The van der Waals surface area contributed by atoms with Crippen molar-refractivity contribution in [3.63, 3.8) is 0 Å². The van der Waals surface area contributed by atoms with Crippen molar-refractivity contribution in [3.8, 4) is 5.88 Å². The van der Waals surface area contributed by atoms with E-state index in [1.54, 1.807) is 7.11 Å². The monoisotopic (exact) mass is 291 g/mol. The Hall–Kier alpha value is -1.35. The molecule has 3 heteroatoms. The largest absolute Gasteiger partial charge is 0.481 e. The van der Waals surface area contributed by atoms with Crippen LogP contribution in [-0.4, -0.2) is 17.4 Å². The second kappa shape index (κ2) is 5.82. The molecule has 1 aromatic heterocycles. The number of nitrogens with zero attached hydrogens (tertiary/aromatic N) is 1. The number of rotatable bonds is 4. The van der Waals surface area contributed by atoms with Gasteiger partial charge in [0.2, 0.25) is 5.88 Å². The van der Waals surface area contributed by atoms with Crippen molar-refractivity contribution in [2.24, 2.45) is 0 Å². The van der Waals surface area contributed by atoms with Gasteiger partial charge >= 0.3 is 0 Å². The van der Waals surface area contributed by atoms with E-state index in [2.05, 4.69) is 45.2 Å². The van der Waals surface area contributed by atoms with E-state index in [4.69, 9.17) is 4.74 Å². The SMILES string of the molecule is COc1ccc2cc(C=CCCBr)ccc2n1. The molecule has 0 bridgehead atoms. The predicted molar refractivity (Wildman–Crippen MR) is 75.7 cm³/mol. The van der Waals surface area contributed by atoms with Gasteiger partial charge in [-0.05, 0) is 30.2 Å². The lowest BCUT2D eigenvalue weighted by Crippen LogP contribution is -1.87. The molecule has 17 heavy (non-hydrogen) atoms. The molecule has 0 fully saturated rings. The van der Waals surface area contributed by atoms with Gasteiger partial charge in [0.05, 0.1) is 12.6 Å². The van der Waals surface area contributed by atoms with Crippen LogP contribution in [0.15, 0.2) is 36.4 Å². The fraction of sp³-hybridized carbons (Fsp3) is 0.214. The molecule has 0 atom stereocenters. The van der Waals surface area contributed by atoms with Crippen LogP contribution in [0.1, 0.15) is 12.0 Å². The molecule has 2 nitrogen and oxygen atoms in total. The Morgan fingerprint density at radius 2 is 2.18 bits per heavy atom. The number of methoxy groups -OCH3 is 1. The van der Waals surface area contributed by atoms with Crippen molar-refractivity contribution in [3.05, 3.63) is 42.0 Å². The van der Waals surface area contributed by atoms with E-state index in [0.717, 1.165) is 22.7 Å². The van der Waals surface area contributed by atoms with Crippen molar-refractivity contribution in [1.82, 2.24) is 4.98 Å². The average Bonchev–Trinajstić information content (AvgIpc) is 2.38. The zero-order valence-electron chi connectivity index (χ0n) is 9.69. The Bertz CT molecular complexity index is 537. The fourth-order valence-electron chi connectivity index (χ4n) is 1.63. The number of pyridine rings is 1. The summed E-state index contributed by atoms with van der Waals surface area (Å²) in [4.78, 5) is 4.38. The van der Waals surface area contributed by atoms with Gasteiger partial charge in [-0.1, -0.05) is 34.1 Å². The number of halogens is 1. The van der Waals surface area contributed by atoms with Crippen LogP contribution in [0.5, 0.6) is 5.88 Å². The quantitative estimate of drug-likeness (QED) is 0.793. The summed E-state index contributed by atoms with van der Waals surface area (Å²) in [7, 11) is 1.63. The molecule has 0 unspecified atom stereocenters. The van der Waals surface area contributed by atoms with Gasteiger partial charge < -0.3 is 4.74 Å². The lowest BCUT2D eigenvalue weighted by Gasteiger charge is -2.02. The predicted octanol–water partition coefficient (Wildman–Crippen LogP) is 4.04. The molecule has 0 N–H and O–H groups in total. The molecule has 0 saturated carbocycles. The first-order chi connectivity index (χ1) is 8.33. The highest BCUT2D eigenvalue weighted by Gasteiger charge is 1.98. The van der Waals surface area contributed by atoms with Crippen LogP contribution in [0, 0.1) is 0 Å². The van der Waals surface area contributed by atoms with Gasteiger partial charge in [0.25, 0.3) is 0 Å². The average molecular weight is 292 g/mol. The van der Waals surface area contributed by atoms with E-state index in [1.165, 1.54) is 5.56 Å². The molecule has 0 aliphatic heterocycles. The molecule has 2 aromatic rings. The summed E-state index contributed by atoms with van der Waals surface area (Å²) in [5.74, 6) is 0.653. The second-order valence-corrected chi connectivity index (χ2v) is 4.48. The highest BCUT2D eigenvalue weighted by Crippen LogP contribution is 2.18. The maximum absolute atomic E-state index is 5.10. The molecule has 1 aromatic carbocycles. The van der Waals surface area contributed by atoms with Crippen LogP contribution in [0.25, 0.3) is 17.0 Å². The molecule has 0 aliphatic rings. The number of allylic oxidation sites excluding steroid dienone is 1. The van der Waals surface area contributed by atoms with E-state index in [9.17, 15) is 0 Å². The molecule has 0 aliphatic carbocycles. The minimum absolute atomic E-state index is 0.653. The lowest BCUT2D eigenvalue weighted by molar-refractivity contribution is 0.399. The molecule has 0 amide bonds. The van der Waals surface area contributed by atoms with Crippen molar-refractivity contribution in [2.75, 3.05) is 12.4 Å². The van der Waals surface area contributed by atoms with Gasteiger partial charge in [0.1, 0.15) is 0 Å². The zero-order valence-corrected chi connectivity index (χ0v) is 11.3. The van der Waals surface area contributed by atoms with E-state index >= 15 is 0 Å². The molecule has 2 rings (SSSR count). The standard InChI is InChI=1S/C14H14BrNO/c1-17-14-8-6-12-10-11(4-2-3-9-15)5-7-13(12)16-14/h2,4-8,10H,3,9H2,1H3. The van der Waals surface area contributed by atoms with Gasteiger partial charge in [0, 0.05) is 16.8 Å². The zero-order chi connectivity index (χ0) is 12.1. The summed E-state index contributed by atoms with van der Waals surface area (Å²) in [6.45, 7) is 0. The van der Waals surface area contributed by atoms with Crippen molar-refractivity contribution >= 4 is 32.9 Å². The Labute approximate surface area is 109 Å². The first kappa shape index (κ1) is 12.1. The number of aromatic nitrogens is 1. The maximum Gasteiger partial charge on any atom is 0.213 e. The number of alkyl halides is 1. The van der Waals surface area contributed by atoms with E-state index in [1.807, 2.05) is 18.2 Å². The molecule has 0 radical (unpaired) electrons. The smallest absolute Gasteiger partial charge is 0.213 e. The third-order valence-corrected chi connectivity index (χ3v) is 2.94. The molecule has 1 heterocycles. The van der Waals surface area contributed by atoms with E-state index < -0.39 is 0 Å². The number of benzene rings is 1. The minimum atomic E-state index is 0.653.